The van der Waals surface area contributed by atoms with E-state index in [0.29, 0.717) is 27.9 Å². The smallest absolute Gasteiger partial charge is 0.340 e. The summed E-state index contributed by atoms with van der Waals surface area (Å²) in [5.41, 5.74) is 1.51. The molecule has 0 fully saturated rings. The minimum absolute atomic E-state index is 0.270. The molecule has 5 nitrogen and oxygen atoms in total. The summed E-state index contributed by atoms with van der Waals surface area (Å²) in [6, 6.07) is 11.4. The molecule has 2 aromatic carbocycles. The number of anilines is 1. The Morgan fingerprint density at radius 1 is 1.08 bits per heavy atom. The highest BCUT2D eigenvalue weighted by Gasteiger charge is 2.14. The standard InChI is InChI=1S/C19H20Cl2N2O3/c1-2-3-10-26-18(24)14-6-4-5-7-17(14)23-19(25)22-12-13-8-9-15(20)16(21)11-13/h4-9,11H,2-3,10,12H2,1H3,(H2,22,23,25). The number of hydrogen-bond donors (Lipinski definition) is 2. The molecule has 7 heteroatoms. The summed E-state index contributed by atoms with van der Waals surface area (Å²) in [5, 5.41) is 6.25. The lowest BCUT2D eigenvalue weighted by Gasteiger charge is -2.12. The minimum atomic E-state index is -0.459. The number of hydrogen-bond acceptors (Lipinski definition) is 3. The highest BCUT2D eigenvalue weighted by Crippen LogP contribution is 2.22. The van der Waals surface area contributed by atoms with Crippen molar-refractivity contribution >= 4 is 40.9 Å². The molecule has 2 amide bonds. The molecule has 0 bridgehead atoms. The number of para-hydroxylation sites is 1. The predicted molar refractivity (Wildman–Crippen MR) is 104 cm³/mol. The van der Waals surface area contributed by atoms with E-state index in [4.69, 9.17) is 27.9 Å². The number of halogens is 2. The second-order valence-corrected chi connectivity index (χ2v) is 6.41. The van der Waals surface area contributed by atoms with E-state index in [1.54, 1.807) is 42.5 Å². The first-order chi connectivity index (χ1) is 12.5. The first kappa shape index (κ1) is 20.1. The van der Waals surface area contributed by atoms with E-state index in [1.165, 1.54) is 0 Å². The quantitative estimate of drug-likeness (QED) is 0.496. The SMILES string of the molecule is CCCCOC(=O)c1ccccc1NC(=O)NCc1ccc(Cl)c(Cl)c1. The lowest BCUT2D eigenvalue weighted by molar-refractivity contribution is 0.0501. The summed E-state index contributed by atoms with van der Waals surface area (Å²) in [6.45, 7) is 2.64. The molecule has 0 spiro atoms. The van der Waals surface area contributed by atoms with Gasteiger partial charge in [0.2, 0.25) is 0 Å². The van der Waals surface area contributed by atoms with Gasteiger partial charge in [-0.3, -0.25) is 0 Å². The van der Waals surface area contributed by atoms with Crippen molar-refractivity contribution in [2.24, 2.45) is 0 Å². The van der Waals surface area contributed by atoms with Crippen molar-refractivity contribution in [3.8, 4) is 0 Å². The van der Waals surface area contributed by atoms with Gasteiger partial charge in [-0.15, -0.1) is 0 Å². The van der Waals surface area contributed by atoms with Gasteiger partial charge in [-0.1, -0.05) is 54.7 Å². The van der Waals surface area contributed by atoms with E-state index in [9.17, 15) is 9.59 Å². The molecule has 0 saturated carbocycles. The van der Waals surface area contributed by atoms with Gasteiger partial charge in [0.05, 0.1) is 27.9 Å². The molecule has 0 aliphatic heterocycles. The average molecular weight is 395 g/mol. The molecule has 0 radical (unpaired) electrons. The Balaban J connectivity index is 1.96. The van der Waals surface area contributed by atoms with Gasteiger partial charge in [-0.25, -0.2) is 9.59 Å². The fourth-order valence-corrected chi connectivity index (χ4v) is 2.48. The number of amides is 2. The number of unbranched alkanes of at least 4 members (excludes halogenated alkanes) is 1. The normalized spacial score (nSPS) is 10.3. The van der Waals surface area contributed by atoms with E-state index in [-0.39, 0.29) is 6.54 Å². The van der Waals surface area contributed by atoms with Gasteiger partial charge in [-0.2, -0.15) is 0 Å². The van der Waals surface area contributed by atoms with Crippen LogP contribution in [0.3, 0.4) is 0 Å². The average Bonchev–Trinajstić information content (AvgIpc) is 2.63. The third kappa shape index (κ3) is 5.93. The van der Waals surface area contributed by atoms with Crippen LogP contribution in [0, 0.1) is 0 Å². The van der Waals surface area contributed by atoms with Crippen LogP contribution >= 0.6 is 23.2 Å². The Hall–Kier alpha value is -2.24. The Morgan fingerprint density at radius 2 is 1.85 bits per heavy atom. The number of rotatable bonds is 7. The van der Waals surface area contributed by atoms with E-state index >= 15 is 0 Å². The zero-order valence-electron chi connectivity index (χ0n) is 14.4. The Kier molecular flexibility index (Phi) is 7.75. The molecule has 0 aliphatic rings. The lowest BCUT2D eigenvalue weighted by atomic mass is 10.2. The summed E-state index contributed by atoms with van der Waals surface area (Å²) < 4.78 is 5.21. The second-order valence-electron chi connectivity index (χ2n) is 5.59. The topological polar surface area (TPSA) is 67.4 Å². The van der Waals surface area contributed by atoms with E-state index in [2.05, 4.69) is 10.6 Å². The van der Waals surface area contributed by atoms with Crippen molar-refractivity contribution in [1.29, 1.82) is 0 Å². The van der Waals surface area contributed by atoms with Crippen LogP contribution in [-0.2, 0) is 11.3 Å². The highest BCUT2D eigenvalue weighted by molar-refractivity contribution is 6.42. The molecule has 0 aliphatic carbocycles. The van der Waals surface area contributed by atoms with Crippen LogP contribution in [0.1, 0.15) is 35.7 Å². The number of carbonyl (C=O) groups excluding carboxylic acids is 2. The first-order valence-corrected chi connectivity index (χ1v) is 9.01. The van der Waals surface area contributed by atoms with Crippen LogP contribution in [0.25, 0.3) is 0 Å². The van der Waals surface area contributed by atoms with Gasteiger partial charge in [0, 0.05) is 6.54 Å². The van der Waals surface area contributed by atoms with Crippen molar-refractivity contribution in [3.05, 3.63) is 63.6 Å². The number of nitrogens with one attached hydrogen (secondary N) is 2. The molecule has 0 atom stereocenters. The van der Waals surface area contributed by atoms with Gasteiger partial charge < -0.3 is 15.4 Å². The third-order valence-electron chi connectivity index (χ3n) is 3.56. The highest BCUT2D eigenvalue weighted by atomic mass is 35.5. The molecular weight excluding hydrogens is 375 g/mol. The predicted octanol–water partition coefficient (Wildman–Crippen LogP) is 5.27. The molecule has 0 unspecified atom stereocenters. The number of carbonyl (C=O) groups is 2. The van der Waals surface area contributed by atoms with Crippen molar-refractivity contribution in [1.82, 2.24) is 5.32 Å². The Labute approximate surface area is 162 Å². The maximum atomic E-state index is 12.1. The summed E-state index contributed by atoms with van der Waals surface area (Å²) >= 11 is 11.8. The summed E-state index contributed by atoms with van der Waals surface area (Å²) in [4.78, 5) is 24.3. The lowest BCUT2D eigenvalue weighted by Crippen LogP contribution is -2.29. The van der Waals surface area contributed by atoms with Crippen LogP contribution in [0.5, 0.6) is 0 Å². The van der Waals surface area contributed by atoms with Crippen LogP contribution in [0.2, 0.25) is 10.0 Å². The molecule has 26 heavy (non-hydrogen) atoms. The summed E-state index contributed by atoms with van der Waals surface area (Å²) in [6.07, 6.45) is 1.73. The van der Waals surface area contributed by atoms with Crippen molar-refractivity contribution < 1.29 is 14.3 Å². The molecule has 2 N–H and O–H groups in total. The van der Waals surface area contributed by atoms with Crippen LogP contribution in [-0.4, -0.2) is 18.6 Å². The van der Waals surface area contributed by atoms with Crippen LogP contribution in [0.15, 0.2) is 42.5 Å². The fourth-order valence-electron chi connectivity index (χ4n) is 2.16. The molecule has 0 saturated heterocycles. The third-order valence-corrected chi connectivity index (χ3v) is 4.30. The maximum absolute atomic E-state index is 12.1. The van der Waals surface area contributed by atoms with Gasteiger partial charge in [-0.05, 0) is 36.2 Å². The van der Waals surface area contributed by atoms with Crippen molar-refractivity contribution in [2.45, 2.75) is 26.3 Å². The summed E-state index contributed by atoms with van der Waals surface area (Å²) in [5.74, 6) is -0.459. The Morgan fingerprint density at radius 3 is 2.58 bits per heavy atom. The van der Waals surface area contributed by atoms with Gasteiger partial charge >= 0.3 is 12.0 Å². The number of benzene rings is 2. The minimum Gasteiger partial charge on any atom is -0.462 e. The number of urea groups is 1. The van der Waals surface area contributed by atoms with Gasteiger partial charge in [0.25, 0.3) is 0 Å². The fraction of sp³-hybridized carbons (Fsp3) is 0.263. The largest absolute Gasteiger partial charge is 0.462 e. The first-order valence-electron chi connectivity index (χ1n) is 8.26. The molecule has 0 heterocycles. The molecule has 138 valence electrons. The molecule has 0 aromatic heterocycles. The van der Waals surface area contributed by atoms with Crippen molar-refractivity contribution in [2.75, 3.05) is 11.9 Å². The number of esters is 1. The Bertz CT molecular complexity index is 781. The molecule has 2 rings (SSSR count). The summed E-state index contributed by atoms with van der Waals surface area (Å²) in [7, 11) is 0. The van der Waals surface area contributed by atoms with Crippen LogP contribution < -0.4 is 10.6 Å². The number of ether oxygens (including phenoxy) is 1. The molecule has 2 aromatic rings. The van der Waals surface area contributed by atoms with Gasteiger partial charge in [0.15, 0.2) is 0 Å². The van der Waals surface area contributed by atoms with E-state index in [1.807, 2.05) is 6.92 Å². The second kappa shape index (κ2) is 10.0. The molecular formula is C19H20Cl2N2O3. The van der Waals surface area contributed by atoms with E-state index in [0.717, 1.165) is 18.4 Å². The van der Waals surface area contributed by atoms with Crippen LogP contribution in [0.4, 0.5) is 10.5 Å². The zero-order chi connectivity index (χ0) is 18.9. The maximum Gasteiger partial charge on any atom is 0.340 e. The van der Waals surface area contributed by atoms with Crippen molar-refractivity contribution in [3.63, 3.8) is 0 Å². The zero-order valence-corrected chi connectivity index (χ0v) is 15.9. The van der Waals surface area contributed by atoms with Gasteiger partial charge in [0.1, 0.15) is 0 Å². The van der Waals surface area contributed by atoms with E-state index < -0.39 is 12.0 Å². The monoisotopic (exact) mass is 394 g/mol.